The van der Waals surface area contributed by atoms with Gasteiger partial charge in [0, 0.05) is 44.7 Å². The first-order valence-electron chi connectivity index (χ1n) is 9.76. The Bertz CT molecular complexity index is 695. The van der Waals surface area contributed by atoms with E-state index in [4.69, 9.17) is 0 Å². The Morgan fingerprint density at radius 3 is 2.68 bits per heavy atom. The maximum absolute atomic E-state index is 13.7. The van der Waals surface area contributed by atoms with Crippen LogP contribution in [0.15, 0.2) is 23.2 Å². The fourth-order valence-electron chi connectivity index (χ4n) is 3.94. The smallest absolute Gasteiger partial charge is 0.225 e. The van der Waals surface area contributed by atoms with E-state index >= 15 is 0 Å². The van der Waals surface area contributed by atoms with Crippen molar-refractivity contribution in [2.24, 2.45) is 10.9 Å². The van der Waals surface area contributed by atoms with E-state index in [2.05, 4.69) is 15.6 Å². The molecule has 0 aromatic heterocycles. The number of nitrogens with one attached hydrogen (secondary N) is 2. The third kappa shape index (κ3) is 6.02. The summed E-state index contributed by atoms with van der Waals surface area (Å²) in [4.78, 5) is 18.7. The molecular formula is C20H29F2IN4O. The second-order valence-corrected chi connectivity index (χ2v) is 7.38. The maximum Gasteiger partial charge on any atom is 0.225 e. The summed E-state index contributed by atoms with van der Waals surface area (Å²) in [6.45, 7) is 1.97. The molecule has 1 atom stereocenters. The van der Waals surface area contributed by atoms with E-state index in [-0.39, 0.29) is 35.9 Å². The Kier molecular flexibility index (Phi) is 8.91. The number of nitrogens with zero attached hydrogens (tertiary/aromatic N) is 2. The van der Waals surface area contributed by atoms with Crippen LogP contribution in [-0.2, 0) is 11.2 Å². The Balaban J connectivity index is 0.00000280. The van der Waals surface area contributed by atoms with E-state index in [0.29, 0.717) is 36.9 Å². The molecule has 1 amide bonds. The van der Waals surface area contributed by atoms with Crippen molar-refractivity contribution in [2.75, 3.05) is 26.7 Å². The van der Waals surface area contributed by atoms with E-state index in [0.717, 1.165) is 44.7 Å². The van der Waals surface area contributed by atoms with Crippen LogP contribution in [0.3, 0.4) is 0 Å². The highest BCUT2D eigenvalue weighted by Gasteiger charge is 2.32. The van der Waals surface area contributed by atoms with Crippen molar-refractivity contribution in [3.05, 3.63) is 35.4 Å². The molecule has 1 heterocycles. The molecule has 2 fully saturated rings. The van der Waals surface area contributed by atoms with Gasteiger partial charge >= 0.3 is 0 Å². The molecule has 156 valence electrons. The number of guanidine groups is 1. The molecule has 28 heavy (non-hydrogen) atoms. The lowest BCUT2D eigenvalue weighted by Gasteiger charge is -2.21. The van der Waals surface area contributed by atoms with Gasteiger partial charge < -0.3 is 15.5 Å². The number of rotatable bonds is 5. The average Bonchev–Trinajstić information content (AvgIpc) is 3.34. The van der Waals surface area contributed by atoms with Gasteiger partial charge in [-0.15, -0.1) is 24.0 Å². The molecule has 5 nitrogen and oxygen atoms in total. The Morgan fingerprint density at radius 2 is 2.00 bits per heavy atom. The van der Waals surface area contributed by atoms with Crippen molar-refractivity contribution in [3.8, 4) is 0 Å². The Morgan fingerprint density at radius 1 is 1.25 bits per heavy atom. The minimum Gasteiger partial charge on any atom is -0.356 e. The van der Waals surface area contributed by atoms with Crippen LogP contribution in [0.2, 0.25) is 0 Å². The van der Waals surface area contributed by atoms with Crippen molar-refractivity contribution >= 4 is 35.8 Å². The quantitative estimate of drug-likeness (QED) is 0.367. The van der Waals surface area contributed by atoms with Crippen LogP contribution >= 0.6 is 24.0 Å². The zero-order chi connectivity index (χ0) is 19.2. The molecule has 1 aromatic rings. The van der Waals surface area contributed by atoms with Crippen LogP contribution in [0.1, 0.15) is 37.7 Å². The summed E-state index contributed by atoms with van der Waals surface area (Å²) in [7, 11) is 1.68. The molecule has 0 spiro atoms. The van der Waals surface area contributed by atoms with Crippen LogP contribution < -0.4 is 10.6 Å². The first kappa shape index (κ1) is 22.8. The highest BCUT2D eigenvalue weighted by atomic mass is 127. The van der Waals surface area contributed by atoms with E-state index in [1.54, 1.807) is 7.05 Å². The first-order chi connectivity index (χ1) is 13.1. The van der Waals surface area contributed by atoms with E-state index in [1.165, 1.54) is 12.1 Å². The second-order valence-electron chi connectivity index (χ2n) is 7.38. The molecule has 1 saturated carbocycles. The number of halogens is 3. The van der Waals surface area contributed by atoms with Gasteiger partial charge in [-0.25, -0.2) is 8.78 Å². The molecule has 0 bridgehead atoms. The third-order valence-corrected chi connectivity index (χ3v) is 5.47. The summed E-state index contributed by atoms with van der Waals surface area (Å²) >= 11 is 0. The number of amides is 1. The van der Waals surface area contributed by atoms with E-state index < -0.39 is 11.6 Å². The van der Waals surface area contributed by atoms with Gasteiger partial charge in [0.15, 0.2) is 5.96 Å². The lowest BCUT2D eigenvalue weighted by molar-refractivity contribution is -0.134. The van der Waals surface area contributed by atoms with Crippen molar-refractivity contribution in [3.63, 3.8) is 0 Å². The maximum atomic E-state index is 13.7. The highest BCUT2D eigenvalue weighted by Crippen LogP contribution is 2.27. The third-order valence-electron chi connectivity index (χ3n) is 5.47. The average molecular weight is 506 g/mol. The van der Waals surface area contributed by atoms with Crippen molar-refractivity contribution in [1.29, 1.82) is 0 Å². The summed E-state index contributed by atoms with van der Waals surface area (Å²) in [5, 5.41) is 6.50. The standard InChI is InChI=1S/C20H28F2N4O.HI/c1-23-20(24-10-8-14-6-7-16(21)12-18(14)22)25-17-9-11-26(13-17)19(27)15-4-2-3-5-15;/h6-7,12,15,17H,2-5,8-11,13H2,1H3,(H2,23,24,25);1H. The van der Waals surface area contributed by atoms with Crippen LogP contribution in [0.5, 0.6) is 0 Å². The summed E-state index contributed by atoms with van der Waals surface area (Å²) in [6.07, 6.45) is 5.71. The molecule has 1 aliphatic carbocycles. The van der Waals surface area contributed by atoms with Gasteiger partial charge in [-0.3, -0.25) is 9.79 Å². The first-order valence-corrected chi connectivity index (χ1v) is 9.76. The largest absolute Gasteiger partial charge is 0.356 e. The van der Waals surface area contributed by atoms with Crippen LogP contribution in [0.4, 0.5) is 8.78 Å². The molecule has 1 unspecified atom stereocenters. The summed E-state index contributed by atoms with van der Waals surface area (Å²) in [5.41, 5.74) is 0.466. The fourth-order valence-corrected chi connectivity index (χ4v) is 3.94. The van der Waals surface area contributed by atoms with Crippen LogP contribution in [0.25, 0.3) is 0 Å². The lowest BCUT2D eigenvalue weighted by atomic mass is 10.1. The number of carbonyl (C=O) groups is 1. The molecule has 1 saturated heterocycles. The van der Waals surface area contributed by atoms with Gasteiger partial charge in [0.25, 0.3) is 0 Å². The SMILES string of the molecule is CN=C(NCCc1ccc(F)cc1F)NC1CCN(C(=O)C2CCCC2)C1.I. The predicted molar refractivity (Wildman–Crippen MR) is 117 cm³/mol. The number of likely N-dealkylation sites (tertiary alicyclic amines) is 1. The zero-order valence-electron chi connectivity index (χ0n) is 16.2. The van der Waals surface area contributed by atoms with Crippen LogP contribution in [0, 0.1) is 17.6 Å². The fraction of sp³-hybridized carbons (Fsp3) is 0.600. The van der Waals surface area contributed by atoms with Gasteiger partial charge in [-0.05, 0) is 37.3 Å². The molecule has 0 radical (unpaired) electrons. The van der Waals surface area contributed by atoms with Crippen molar-refractivity contribution in [1.82, 2.24) is 15.5 Å². The number of aliphatic imine (C=N–C) groups is 1. The summed E-state index contributed by atoms with van der Waals surface area (Å²) in [6, 6.07) is 3.80. The van der Waals surface area contributed by atoms with Crippen molar-refractivity contribution in [2.45, 2.75) is 44.6 Å². The monoisotopic (exact) mass is 506 g/mol. The number of benzene rings is 1. The Labute approximate surface area is 182 Å². The number of hydrogen-bond donors (Lipinski definition) is 2. The number of hydrogen-bond acceptors (Lipinski definition) is 2. The normalized spacial score (nSPS) is 20.2. The van der Waals surface area contributed by atoms with Gasteiger partial charge in [-0.1, -0.05) is 18.9 Å². The second kappa shape index (κ2) is 10.9. The number of carbonyl (C=O) groups excluding carboxylic acids is 1. The molecule has 2 N–H and O–H groups in total. The van der Waals surface area contributed by atoms with Gasteiger partial charge in [0.1, 0.15) is 11.6 Å². The zero-order valence-corrected chi connectivity index (χ0v) is 18.5. The van der Waals surface area contributed by atoms with Gasteiger partial charge in [0.2, 0.25) is 5.91 Å². The van der Waals surface area contributed by atoms with Gasteiger partial charge in [-0.2, -0.15) is 0 Å². The topological polar surface area (TPSA) is 56.7 Å². The van der Waals surface area contributed by atoms with Crippen LogP contribution in [-0.4, -0.2) is 49.5 Å². The van der Waals surface area contributed by atoms with E-state index in [1.807, 2.05) is 4.90 Å². The minimum absolute atomic E-state index is 0. The lowest BCUT2D eigenvalue weighted by Crippen LogP contribution is -2.45. The van der Waals surface area contributed by atoms with E-state index in [9.17, 15) is 13.6 Å². The van der Waals surface area contributed by atoms with Crippen molar-refractivity contribution < 1.29 is 13.6 Å². The molecule has 8 heteroatoms. The summed E-state index contributed by atoms with van der Waals surface area (Å²) < 4.78 is 26.6. The predicted octanol–water partition coefficient (Wildman–Crippen LogP) is 3.08. The molecular weight excluding hydrogens is 477 g/mol. The van der Waals surface area contributed by atoms with Gasteiger partial charge in [0.05, 0.1) is 0 Å². The molecule has 1 aromatic carbocycles. The Hall–Kier alpha value is -1.45. The minimum atomic E-state index is -0.570. The molecule has 1 aliphatic heterocycles. The molecule has 3 rings (SSSR count). The summed E-state index contributed by atoms with van der Waals surface area (Å²) in [5.74, 6) is 0.0484. The highest BCUT2D eigenvalue weighted by molar-refractivity contribution is 14.0. The molecule has 2 aliphatic rings.